The molecule has 0 atom stereocenters. The van der Waals surface area contributed by atoms with E-state index >= 15 is 0 Å². The number of hydrogen-bond acceptors (Lipinski definition) is 3. The highest BCUT2D eigenvalue weighted by atomic mass is 16.3. The van der Waals surface area contributed by atoms with Gasteiger partial charge in [0.2, 0.25) is 11.8 Å². The molecule has 2 aliphatic rings. The van der Waals surface area contributed by atoms with Crippen LogP contribution in [0, 0.1) is 5.92 Å². The van der Waals surface area contributed by atoms with E-state index in [9.17, 15) is 9.59 Å². The number of carbonyl (C=O) groups excluding carboxylic acids is 2. The fraction of sp³-hybridized carbons (Fsp3) is 0.280. The molecule has 5 rings (SSSR count). The van der Waals surface area contributed by atoms with E-state index in [-0.39, 0.29) is 17.7 Å². The summed E-state index contributed by atoms with van der Waals surface area (Å²) in [6.45, 7) is 1.35. The van der Waals surface area contributed by atoms with Crippen molar-refractivity contribution in [2.24, 2.45) is 5.92 Å². The first-order chi connectivity index (χ1) is 14.7. The molecule has 0 saturated heterocycles. The van der Waals surface area contributed by atoms with Gasteiger partial charge in [-0.15, -0.1) is 0 Å². The second kappa shape index (κ2) is 7.82. The van der Waals surface area contributed by atoms with Gasteiger partial charge in [-0.2, -0.15) is 0 Å². The van der Waals surface area contributed by atoms with Crippen molar-refractivity contribution in [1.82, 2.24) is 4.90 Å². The molecule has 5 nitrogen and oxygen atoms in total. The van der Waals surface area contributed by atoms with Crippen molar-refractivity contribution in [3.63, 3.8) is 0 Å². The number of furan rings is 1. The summed E-state index contributed by atoms with van der Waals surface area (Å²) in [5.41, 5.74) is 3.73. The molecule has 1 aromatic heterocycles. The Labute approximate surface area is 175 Å². The van der Waals surface area contributed by atoms with Gasteiger partial charge in [-0.25, -0.2) is 0 Å². The zero-order chi connectivity index (χ0) is 20.5. The SMILES string of the molecule is O=C(Cc1ccccc1)Nc1cccc(-c2cc3c(o2)CCN(C(=O)C2CC2)C3)c1. The van der Waals surface area contributed by atoms with Crippen LogP contribution in [0.2, 0.25) is 0 Å². The first kappa shape index (κ1) is 18.7. The highest BCUT2D eigenvalue weighted by Gasteiger charge is 2.35. The van der Waals surface area contributed by atoms with Gasteiger partial charge in [-0.05, 0) is 36.6 Å². The third-order valence-electron chi connectivity index (χ3n) is 5.74. The Morgan fingerprint density at radius 1 is 1.03 bits per heavy atom. The Morgan fingerprint density at radius 2 is 1.87 bits per heavy atom. The van der Waals surface area contributed by atoms with Crippen molar-refractivity contribution >= 4 is 17.5 Å². The lowest BCUT2D eigenvalue weighted by atomic mass is 10.1. The smallest absolute Gasteiger partial charge is 0.228 e. The molecule has 1 N–H and O–H groups in total. The van der Waals surface area contributed by atoms with Crippen molar-refractivity contribution in [2.45, 2.75) is 32.2 Å². The van der Waals surface area contributed by atoms with Crippen molar-refractivity contribution in [2.75, 3.05) is 11.9 Å². The summed E-state index contributed by atoms with van der Waals surface area (Å²) in [4.78, 5) is 26.7. The van der Waals surface area contributed by atoms with Crippen LogP contribution in [0.5, 0.6) is 0 Å². The van der Waals surface area contributed by atoms with Gasteiger partial charge in [0.1, 0.15) is 11.5 Å². The van der Waals surface area contributed by atoms with Crippen LogP contribution in [0.25, 0.3) is 11.3 Å². The maximum Gasteiger partial charge on any atom is 0.228 e. The van der Waals surface area contributed by atoms with Crippen molar-refractivity contribution in [3.05, 3.63) is 77.6 Å². The van der Waals surface area contributed by atoms with E-state index in [1.165, 1.54) is 0 Å². The summed E-state index contributed by atoms with van der Waals surface area (Å²) in [5, 5.41) is 2.97. The van der Waals surface area contributed by atoms with Crippen LogP contribution in [0.3, 0.4) is 0 Å². The van der Waals surface area contributed by atoms with Crippen LogP contribution in [0.4, 0.5) is 5.69 Å². The summed E-state index contributed by atoms with van der Waals surface area (Å²) in [5.74, 6) is 2.22. The maximum atomic E-state index is 12.4. The third kappa shape index (κ3) is 4.01. The molecule has 1 aliphatic carbocycles. The normalized spacial score (nSPS) is 15.5. The Hall–Kier alpha value is -3.34. The van der Waals surface area contributed by atoms with Crippen LogP contribution in [-0.4, -0.2) is 23.3 Å². The minimum Gasteiger partial charge on any atom is -0.461 e. The predicted molar refractivity (Wildman–Crippen MR) is 115 cm³/mol. The molecular formula is C25H24N2O3. The lowest BCUT2D eigenvalue weighted by molar-refractivity contribution is -0.133. The number of anilines is 1. The average molecular weight is 400 g/mol. The molecule has 3 aromatic rings. The molecule has 2 heterocycles. The Balaban J connectivity index is 1.29. The topological polar surface area (TPSA) is 62.6 Å². The van der Waals surface area contributed by atoms with E-state index < -0.39 is 0 Å². The number of amides is 2. The van der Waals surface area contributed by atoms with Crippen molar-refractivity contribution in [1.29, 1.82) is 0 Å². The Bertz CT molecular complexity index is 1080. The first-order valence-corrected chi connectivity index (χ1v) is 10.5. The van der Waals surface area contributed by atoms with Gasteiger partial charge in [-0.1, -0.05) is 42.5 Å². The highest BCUT2D eigenvalue weighted by molar-refractivity contribution is 5.92. The summed E-state index contributed by atoms with van der Waals surface area (Å²) in [6, 6.07) is 19.4. The Kier molecular flexibility index (Phi) is 4.87. The van der Waals surface area contributed by atoms with Gasteiger partial charge in [-0.3, -0.25) is 9.59 Å². The molecule has 1 fully saturated rings. The molecule has 2 amide bonds. The zero-order valence-electron chi connectivity index (χ0n) is 16.8. The third-order valence-corrected chi connectivity index (χ3v) is 5.74. The molecule has 0 bridgehead atoms. The lowest BCUT2D eigenvalue weighted by Crippen LogP contribution is -2.36. The monoisotopic (exact) mass is 400 g/mol. The molecule has 1 aliphatic heterocycles. The van der Waals surface area contributed by atoms with E-state index in [1.807, 2.05) is 65.6 Å². The fourth-order valence-electron chi connectivity index (χ4n) is 3.99. The van der Waals surface area contributed by atoms with E-state index in [4.69, 9.17) is 4.42 Å². The molecule has 30 heavy (non-hydrogen) atoms. The molecule has 0 spiro atoms. The maximum absolute atomic E-state index is 12.4. The number of carbonyl (C=O) groups is 2. The quantitative estimate of drug-likeness (QED) is 0.689. The molecule has 0 radical (unpaired) electrons. The average Bonchev–Trinajstić information content (AvgIpc) is 3.52. The van der Waals surface area contributed by atoms with Gasteiger partial charge in [0.05, 0.1) is 6.42 Å². The predicted octanol–water partition coefficient (Wildman–Crippen LogP) is 4.42. The second-order valence-electron chi connectivity index (χ2n) is 8.13. The Morgan fingerprint density at radius 3 is 2.67 bits per heavy atom. The number of nitrogens with one attached hydrogen (secondary N) is 1. The van der Waals surface area contributed by atoms with E-state index in [0.29, 0.717) is 13.0 Å². The van der Waals surface area contributed by atoms with Crippen LogP contribution < -0.4 is 5.32 Å². The van der Waals surface area contributed by atoms with E-state index in [2.05, 4.69) is 5.32 Å². The van der Waals surface area contributed by atoms with Crippen molar-refractivity contribution in [3.8, 4) is 11.3 Å². The number of nitrogens with zero attached hydrogens (tertiary/aromatic N) is 1. The molecule has 2 aromatic carbocycles. The second-order valence-corrected chi connectivity index (χ2v) is 8.13. The summed E-state index contributed by atoms with van der Waals surface area (Å²) in [6.07, 6.45) is 3.15. The van der Waals surface area contributed by atoms with Gasteiger partial charge >= 0.3 is 0 Å². The summed E-state index contributed by atoms with van der Waals surface area (Å²) < 4.78 is 6.10. The molecule has 1 saturated carbocycles. The minimum absolute atomic E-state index is 0.0497. The zero-order valence-corrected chi connectivity index (χ0v) is 16.8. The van der Waals surface area contributed by atoms with Gasteiger partial charge in [0.15, 0.2) is 0 Å². The molecule has 0 unspecified atom stereocenters. The van der Waals surface area contributed by atoms with Crippen molar-refractivity contribution < 1.29 is 14.0 Å². The largest absolute Gasteiger partial charge is 0.461 e. The highest BCUT2D eigenvalue weighted by Crippen LogP contribution is 2.35. The van der Waals surface area contributed by atoms with Crippen LogP contribution in [0.1, 0.15) is 29.7 Å². The van der Waals surface area contributed by atoms with Crippen LogP contribution in [-0.2, 0) is 29.0 Å². The lowest BCUT2D eigenvalue weighted by Gasteiger charge is -2.26. The number of rotatable bonds is 5. The minimum atomic E-state index is -0.0497. The van der Waals surface area contributed by atoms with E-state index in [0.717, 1.165) is 59.7 Å². The number of hydrogen-bond donors (Lipinski definition) is 1. The fourth-order valence-corrected chi connectivity index (χ4v) is 3.99. The number of fused-ring (bicyclic) bond motifs is 1. The van der Waals surface area contributed by atoms with E-state index in [1.54, 1.807) is 0 Å². The van der Waals surface area contributed by atoms with Crippen LogP contribution in [0.15, 0.2) is 65.1 Å². The summed E-state index contributed by atoms with van der Waals surface area (Å²) >= 11 is 0. The first-order valence-electron chi connectivity index (χ1n) is 10.5. The van der Waals surface area contributed by atoms with Gasteiger partial charge in [0, 0.05) is 42.2 Å². The molecule has 152 valence electrons. The summed E-state index contributed by atoms with van der Waals surface area (Å²) in [7, 11) is 0. The van der Waals surface area contributed by atoms with Gasteiger partial charge in [0.25, 0.3) is 0 Å². The van der Waals surface area contributed by atoms with Crippen LogP contribution >= 0.6 is 0 Å². The molecule has 5 heteroatoms. The number of benzene rings is 2. The van der Waals surface area contributed by atoms with Gasteiger partial charge < -0.3 is 14.6 Å². The molecular weight excluding hydrogens is 376 g/mol. The standard InChI is InChI=1S/C25H24N2O3/c28-24(13-17-5-2-1-3-6-17)26-21-8-4-7-19(14-21)23-15-20-16-27(12-11-22(20)30-23)25(29)18-9-10-18/h1-8,14-15,18H,9-13,16H2,(H,26,28).